The van der Waals surface area contributed by atoms with Gasteiger partial charge in [-0.3, -0.25) is 4.79 Å². The van der Waals surface area contributed by atoms with E-state index < -0.39 is 30.9 Å². The Kier molecular flexibility index (Phi) is 8.64. The van der Waals surface area contributed by atoms with Crippen LogP contribution in [0.3, 0.4) is 0 Å². The van der Waals surface area contributed by atoms with Crippen molar-refractivity contribution in [2.24, 2.45) is 0 Å². The lowest BCUT2D eigenvalue weighted by Crippen LogP contribution is -2.42. The average molecular weight is 302 g/mol. The summed E-state index contributed by atoms with van der Waals surface area (Å²) in [6.45, 7) is -1.78. The van der Waals surface area contributed by atoms with E-state index in [4.69, 9.17) is 9.84 Å². The zero-order chi connectivity index (χ0) is 15.6. The number of hydrogen-bond acceptors (Lipinski definition) is 4. The lowest BCUT2D eigenvalue weighted by molar-refractivity contribution is -0.173. The highest BCUT2D eigenvalue weighted by atomic mass is 19.4. The molecule has 3 N–H and O–H groups in total. The first-order chi connectivity index (χ1) is 9.24. The van der Waals surface area contributed by atoms with Crippen molar-refractivity contribution in [3.05, 3.63) is 0 Å². The number of halogens is 3. The van der Waals surface area contributed by atoms with Gasteiger partial charge in [0.05, 0.1) is 19.1 Å². The molecule has 0 saturated carbocycles. The number of amides is 2. The number of carboxylic acids is 1. The largest absolute Gasteiger partial charge is 0.481 e. The predicted molar refractivity (Wildman–Crippen MR) is 61.3 cm³/mol. The fraction of sp³-hybridized carbons (Fsp3) is 0.800. The summed E-state index contributed by atoms with van der Waals surface area (Å²) in [4.78, 5) is 21.6. The third-order valence-corrected chi connectivity index (χ3v) is 2.02. The van der Waals surface area contributed by atoms with Crippen molar-refractivity contribution in [2.75, 3.05) is 33.4 Å². The fourth-order valence-corrected chi connectivity index (χ4v) is 1.13. The maximum atomic E-state index is 11.7. The first-order valence-corrected chi connectivity index (χ1v) is 5.65. The van der Waals surface area contributed by atoms with E-state index >= 15 is 0 Å². The van der Waals surface area contributed by atoms with Crippen molar-refractivity contribution >= 4 is 12.0 Å². The quantitative estimate of drug-likeness (QED) is 0.534. The standard InChI is InChI=1S/C10H17F3N2O5/c1-19-7(4-8(16)17)5-15-9(18)14-2-3-20-6-10(11,12)13/h7H,2-6H2,1H3,(H,16,17)(H2,14,15,18). The fourth-order valence-electron chi connectivity index (χ4n) is 1.13. The Hall–Kier alpha value is -1.55. The van der Waals surface area contributed by atoms with Crippen LogP contribution in [0.25, 0.3) is 0 Å². The van der Waals surface area contributed by atoms with Crippen LogP contribution < -0.4 is 10.6 Å². The molecule has 0 fully saturated rings. The number of carbonyl (C=O) groups is 2. The smallest absolute Gasteiger partial charge is 0.411 e. The summed E-state index contributed by atoms with van der Waals surface area (Å²) in [6.07, 6.45) is -5.35. The van der Waals surface area contributed by atoms with E-state index in [-0.39, 0.29) is 26.1 Å². The number of alkyl halides is 3. The number of carboxylic acid groups (broad SMARTS) is 1. The van der Waals surface area contributed by atoms with Crippen LogP contribution in [0.2, 0.25) is 0 Å². The summed E-state index contributed by atoms with van der Waals surface area (Å²) in [6, 6.07) is -0.645. The molecule has 7 nitrogen and oxygen atoms in total. The predicted octanol–water partition coefficient (Wildman–Crippen LogP) is 0.354. The van der Waals surface area contributed by atoms with E-state index in [1.165, 1.54) is 7.11 Å². The first-order valence-electron chi connectivity index (χ1n) is 5.65. The normalized spacial score (nSPS) is 12.8. The van der Waals surface area contributed by atoms with Crippen LogP contribution in [0.1, 0.15) is 6.42 Å². The van der Waals surface area contributed by atoms with Crippen molar-refractivity contribution in [1.29, 1.82) is 0 Å². The minimum atomic E-state index is -4.40. The Labute approximate surface area is 113 Å². The van der Waals surface area contributed by atoms with Gasteiger partial charge in [0.2, 0.25) is 0 Å². The molecule has 0 spiro atoms. The summed E-state index contributed by atoms with van der Waals surface area (Å²) in [7, 11) is 1.30. The van der Waals surface area contributed by atoms with Gasteiger partial charge in [-0.25, -0.2) is 4.79 Å². The number of ether oxygens (including phenoxy) is 2. The number of urea groups is 1. The lowest BCUT2D eigenvalue weighted by Gasteiger charge is -2.14. The van der Waals surface area contributed by atoms with Crippen LogP contribution in [0.15, 0.2) is 0 Å². The molecule has 0 heterocycles. The van der Waals surface area contributed by atoms with Gasteiger partial charge in [0, 0.05) is 20.2 Å². The Balaban J connectivity index is 3.65. The topological polar surface area (TPSA) is 96.9 Å². The van der Waals surface area contributed by atoms with Gasteiger partial charge in [0.25, 0.3) is 0 Å². The Bertz CT molecular complexity index is 312. The molecule has 1 atom stereocenters. The van der Waals surface area contributed by atoms with E-state index in [1.54, 1.807) is 0 Å². The Morgan fingerprint density at radius 3 is 2.45 bits per heavy atom. The van der Waals surface area contributed by atoms with E-state index in [0.717, 1.165) is 0 Å². The molecular formula is C10H17F3N2O5. The van der Waals surface area contributed by atoms with E-state index in [2.05, 4.69) is 15.4 Å². The Morgan fingerprint density at radius 2 is 1.95 bits per heavy atom. The molecule has 0 aliphatic rings. The molecule has 2 amide bonds. The summed E-state index contributed by atoms with van der Waals surface area (Å²) < 4.78 is 44.2. The summed E-state index contributed by atoms with van der Waals surface area (Å²) in [5, 5.41) is 13.1. The van der Waals surface area contributed by atoms with Gasteiger partial charge >= 0.3 is 18.2 Å². The van der Waals surface area contributed by atoms with E-state index in [9.17, 15) is 22.8 Å². The number of rotatable bonds is 9. The molecule has 0 saturated heterocycles. The number of nitrogens with one attached hydrogen (secondary N) is 2. The van der Waals surface area contributed by atoms with Crippen LogP contribution in [0.4, 0.5) is 18.0 Å². The maximum Gasteiger partial charge on any atom is 0.411 e. The average Bonchev–Trinajstić information content (AvgIpc) is 2.32. The highest BCUT2D eigenvalue weighted by Crippen LogP contribution is 2.13. The van der Waals surface area contributed by atoms with Gasteiger partial charge < -0.3 is 25.2 Å². The first kappa shape index (κ1) is 18.4. The molecule has 20 heavy (non-hydrogen) atoms. The van der Waals surface area contributed by atoms with Crippen molar-refractivity contribution in [3.63, 3.8) is 0 Å². The third-order valence-electron chi connectivity index (χ3n) is 2.02. The van der Waals surface area contributed by atoms with Crippen LogP contribution in [-0.4, -0.2) is 62.8 Å². The third kappa shape index (κ3) is 11.5. The van der Waals surface area contributed by atoms with E-state index in [1.807, 2.05) is 0 Å². The molecule has 10 heteroatoms. The minimum absolute atomic E-state index is 0.0297. The molecule has 0 aliphatic heterocycles. The van der Waals surface area contributed by atoms with Gasteiger partial charge in [0.1, 0.15) is 6.61 Å². The number of hydrogen-bond donors (Lipinski definition) is 3. The van der Waals surface area contributed by atoms with Crippen molar-refractivity contribution in [1.82, 2.24) is 10.6 Å². The molecule has 0 bridgehead atoms. The minimum Gasteiger partial charge on any atom is -0.481 e. The van der Waals surface area contributed by atoms with Crippen molar-refractivity contribution < 1.29 is 37.3 Å². The lowest BCUT2D eigenvalue weighted by atomic mass is 10.2. The van der Waals surface area contributed by atoms with Crippen molar-refractivity contribution in [3.8, 4) is 0 Å². The van der Waals surface area contributed by atoms with Gasteiger partial charge in [0.15, 0.2) is 0 Å². The number of aliphatic carboxylic acids is 1. The molecule has 118 valence electrons. The highest BCUT2D eigenvalue weighted by molar-refractivity contribution is 5.74. The zero-order valence-electron chi connectivity index (χ0n) is 10.8. The Morgan fingerprint density at radius 1 is 1.30 bits per heavy atom. The summed E-state index contributed by atoms with van der Waals surface area (Å²) >= 11 is 0. The second-order valence-electron chi connectivity index (χ2n) is 3.76. The summed E-state index contributed by atoms with van der Waals surface area (Å²) in [5.74, 6) is -1.07. The molecule has 0 aromatic heterocycles. The summed E-state index contributed by atoms with van der Waals surface area (Å²) in [5.41, 5.74) is 0. The van der Waals surface area contributed by atoms with Gasteiger partial charge in [-0.05, 0) is 0 Å². The highest BCUT2D eigenvalue weighted by Gasteiger charge is 2.27. The van der Waals surface area contributed by atoms with E-state index in [0.29, 0.717) is 0 Å². The molecular weight excluding hydrogens is 285 g/mol. The monoisotopic (exact) mass is 302 g/mol. The zero-order valence-corrected chi connectivity index (χ0v) is 10.8. The molecule has 1 unspecified atom stereocenters. The maximum absolute atomic E-state index is 11.7. The second kappa shape index (κ2) is 9.37. The van der Waals surface area contributed by atoms with Crippen LogP contribution in [0.5, 0.6) is 0 Å². The van der Waals surface area contributed by atoms with Crippen LogP contribution in [0, 0.1) is 0 Å². The van der Waals surface area contributed by atoms with Gasteiger partial charge in [-0.15, -0.1) is 0 Å². The number of methoxy groups -OCH3 is 1. The van der Waals surface area contributed by atoms with Crippen LogP contribution in [-0.2, 0) is 14.3 Å². The SMILES string of the molecule is COC(CNC(=O)NCCOCC(F)(F)F)CC(=O)O. The molecule has 0 radical (unpaired) electrons. The number of carbonyl (C=O) groups excluding carboxylic acids is 1. The molecule has 0 rings (SSSR count). The van der Waals surface area contributed by atoms with Gasteiger partial charge in [-0.2, -0.15) is 13.2 Å². The molecule has 0 aliphatic carbocycles. The van der Waals surface area contributed by atoms with Crippen LogP contribution >= 0.6 is 0 Å². The van der Waals surface area contributed by atoms with Crippen molar-refractivity contribution in [2.45, 2.75) is 18.7 Å². The molecule has 0 aromatic rings. The van der Waals surface area contributed by atoms with Gasteiger partial charge in [-0.1, -0.05) is 0 Å². The molecule has 0 aromatic carbocycles. The second-order valence-corrected chi connectivity index (χ2v) is 3.76.